The lowest BCUT2D eigenvalue weighted by Crippen LogP contribution is -2.70. The zero-order valence-corrected chi connectivity index (χ0v) is 16.5. The molecule has 148 valence electrons. The molecular weight excluding hydrogens is 366 g/mol. The molecule has 0 unspecified atom stereocenters. The lowest BCUT2D eigenvalue weighted by Gasteiger charge is -2.50. The highest BCUT2D eigenvalue weighted by molar-refractivity contribution is 6.20. The molecule has 1 spiro atoms. The highest BCUT2D eigenvalue weighted by atomic mass is 16.2. The van der Waals surface area contributed by atoms with Crippen LogP contribution in [0.5, 0.6) is 0 Å². The number of rotatable bonds is 1. The number of imide groups is 2. The summed E-state index contributed by atoms with van der Waals surface area (Å²) >= 11 is 0. The summed E-state index contributed by atoms with van der Waals surface area (Å²) in [6.45, 7) is 0.745. The number of hydrogen-bond acceptors (Lipinski definition) is 4. The molecule has 2 aromatic carbocycles. The second kappa shape index (κ2) is 6.17. The molecule has 2 fully saturated rings. The summed E-state index contributed by atoms with van der Waals surface area (Å²) in [6, 6.07) is 17.4. The standard InChI is InChI=1S/C23H23N3O3/c1-24-20(27)23(21(28)25(2)22(24)29)13-16-10-6-7-11-18(16)26-14-17(12-19(23)26)15-8-4-3-5-9-15/h3-11,17,19H,12-14H2,1-2H3/t17-,19+/m0/s1. The van der Waals surface area contributed by atoms with Gasteiger partial charge in [-0.1, -0.05) is 48.5 Å². The Morgan fingerprint density at radius 1 is 0.862 bits per heavy atom. The maximum absolute atomic E-state index is 13.5. The summed E-state index contributed by atoms with van der Waals surface area (Å²) in [4.78, 5) is 43.8. The lowest BCUT2D eigenvalue weighted by atomic mass is 9.67. The third-order valence-electron chi connectivity index (χ3n) is 6.86. The quantitative estimate of drug-likeness (QED) is 0.704. The van der Waals surface area contributed by atoms with E-state index in [0.29, 0.717) is 12.8 Å². The average Bonchev–Trinajstić information content (AvgIpc) is 3.22. The number of anilines is 1. The van der Waals surface area contributed by atoms with Crippen molar-refractivity contribution in [1.82, 2.24) is 9.80 Å². The van der Waals surface area contributed by atoms with Gasteiger partial charge in [0.15, 0.2) is 5.41 Å². The summed E-state index contributed by atoms with van der Waals surface area (Å²) in [6.07, 6.45) is 1.02. The predicted octanol–water partition coefficient (Wildman–Crippen LogP) is 2.64. The van der Waals surface area contributed by atoms with Crippen LogP contribution in [0, 0.1) is 5.41 Å². The second-order valence-corrected chi connectivity index (χ2v) is 8.30. The Morgan fingerprint density at radius 2 is 1.48 bits per heavy atom. The first-order chi connectivity index (χ1) is 13.9. The van der Waals surface area contributed by atoms with Gasteiger partial charge in [-0.05, 0) is 30.0 Å². The number of carbonyl (C=O) groups is 3. The van der Waals surface area contributed by atoms with E-state index in [2.05, 4.69) is 23.1 Å². The van der Waals surface area contributed by atoms with Crippen molar-refractivity contribution in [2.45, 2.75) is 24.8 Å². The number of hydrogen-bond donors (Lipinski definition) is 0. The van der Waals surface area contributed by atoms with Gasteiger partial charge in [0.2, 0.25) is 11.8 Å². The largest absolute Gasteiger partial charge is 0.366 e. The smallest absolute Gasteiger partial charge is 0.332 e. The number of fused-ring (bicyclic) bond motifs is 4. The minimum absolute atomic E-state index is 0.220. The van der Waals surface area contributed by atoms with Crippen LogP contribution in [0.1, 0.15) is 23.5 Å². The van der Waals surface area contributed by atoms with Crippen molar-refractivity contribution in [3.8, 4) is 0 Å². The van der Waals surface area contributed by atoms with Crippen LogP contribution in [-0.2, 0) is 16.0 Å². The number of carbonyl (C=O) groups excluding carboxylic acids is 3. The molecule has 0 N–H and O–H groups in total. The van der Waals surface area contributed by atoms with Crippen molar-refractivity contribution in [1.29, 1.82) is 0 Å². The zero-order valence-electron chi connectivity index (χ0n) is 16.5. The number of nitrogens with zero attached hydrogens (tertiary/aromatic N) is 3. The van der Waals surface area contributed by atoms with Gasteiger partial charge in [-0.3, -0.25) is 19.4 Å². The van der Waals surface area contributed by atoms with Gasteiger partial charge in [-0.15, -0.1) is 0 Å². The number of urea groups is 1. The third-order valence-corrected chi connectivity index (χ3v) is 6.86. The van der Waals surface area contributed by atoms with Crippen LogP contribution in [0.2, 0.25) is 0 Å². The monoisotopic (exact) mass is 389 g/mol. The van der Waals surface area contributed by atoms with Crippen molar-refractivity contribution < 1.29 is 14.4 Å². The highest BCUT2D eigenvalue weighted by Gasteiger charge is 2.64. The molecule has 0 radical (unpaired) electrons. The maximum Gasteiger partial charge on any atom is 0.332 e. The van der Waals surface area contributed by atoms with E-state index >= 15 is 0 Å². The Morgan fingerprint density at radius 3 is 2.17 bits per heavy atom. The topological polar surface area (TPSA) is 60.9 Å². The van der Waals surface area contributed by atoms with Crippen molar-refractivity contribution in [3.63, 3.8) is 0 Å². The third kappa shape index (κ3) is 2.32. The van der Waals surface area contributed by atoms with Gasteiger partial charge in [0.05, 0.1) is 6.04 Å². The number of para-hydroxylation sites is 1. The van der Waals surface area contributed by atoms with E-state index in [1.165, 1.54) is 19.7 Å². The maximum atomic E-state index is 13.5. The molecule has 2 saturated heterocycles. The van der Waals surface area contributed by atoms with E-state index < -0.39 is 11.4 Å². The molecule has 4 amide bonds. The number of benzene rings is 2. The first-order valence-corrected chi connectivity index (χ1v) is 9.95. The van der Waals surface area contributed by atoms with Crippen LogP contribution in [0.25, 0.3) is 0 Å². The van der Waals surface area contributed by atoms with Crippen molar-refractivity contribution in [2.75, 3.05) is 25.5 Å². The Hall–Kier alpha value is -3.15. The Kier molecular flexibility index (Phi) is 3.81. The molecule has 0 aliphatic carbocycles. The van der Waals surface area contributed by atoms with Gasteiger partial charge in [-0.2, -0.15) is 0 Å². The lowest BCUT2D eigenvalue weighted by molar-refractivity contribution is -0.159. The molecule has 2 atom stereocenters. The van der Waals surface area contributed by atoms with Crippen LogP contribution in [0.4, 0.5) is 10.5 Å². The Labute approximate surface area is 169 Å². The predicted molar refractivity (Wildman–Crippen MR) is 108 cm³/mol. The molecule has 3 aliphatic rings. The van der Waals surface area contributed by atoms with E-state index in [-0.39, 0.29) is 23.8 Å². The van der Waals surface area contributed by atoms with Gasteiger partial charge in [0.25, 0.3) is 0 Å². The zero-order chi connectivity index (χ0) is 20.3. The second-order valence-electron chi connectivity index (χ2n) is 8.30. The van der Waals surface area contributed by atoms with E-state index in [1.54, 1.807) is 0 Å². The van der Waals surface area contributed by atoms with Crippen LogP contribution >= 0.6 is 0 Å². The van der Waals surface area contributed by atoms with Crippen LogP contribution < -0.4 is 4.90 Å². The van der Waals surface area contributed by atoms with Gasteiger partial charge in [0, 0.05) is 32.2 Å². The van der Waals surface area contributed by atoms with Crippen LogP contribution in [0.15, 0.2) is 54.6 Å². The van der Waals surface area contributed by atoms with Gasteiger partial charge >= 0.3 is 6.03 Å². The van der Waals surface area contributed by atoms with Gasteiger partial charge in [0.1, 0.15) is 0 Å². The summed E-state index contributed by atoms with van der Waals surface area (Å²) in [7, 11) is 2.95. The van der Waals surface area contributed by atoms with Gasteiger partial charge in [-0.25, -0.2) is 4.79 Å². The first kappa shape index (κ1) is 17.9. The Bertz CT molecular complexity index is 995. The van der Waals surface area contributed by atoms with Crippen molar-refractivity contribution in [3.05, 3.63) is 65.7 Å². The summed E-state index contributed by atoms with van der Waals surface area (Å²) in [5.41, 5.74) is 2.01. The van der Waals surface area contributed by atoms with E-state index in [0.717, 1.165) is 27.6 Å². The molecule has 2 aromatic rings. The summed E-state index contributed by atoms with van der Waals surface area (Å²) in [5.74, 6) is -0.550. The van der Waals surface area contributed by atoms with E-state index in [1.807, 2.05) is 36.4 Å². The van der Waals surface area contributed by atoms with Crippen LogP contribution in [-0.4, -0.2) is 54.3 Å². The average molecular weight is 389 g/mol. The summed E-state index contributed by atoms with van der Waals surface area (Å²) < 4.78 is 0. The van der Waals surface area contributed by atoms with E-state index in [9.17, 15) is 14.4 Å². The SMILES string of the molecule is CN1C(=O)N(C)C(=O)C2(Cc3ccccc3N3C[C@@H](c4ccccc4)C[C@@H]32)C1=O. The minimum atomic E-state index is -1.27. The fourth-order valence-corrected chi connectivity index (χ4v) is 5.42. The van der Waals surface area contributed by atoms with Crippen LogP contribution in [0.3, 0.4) is 0 Å². The first-order valence-electron chi connectivity index (χ1n) is 9.95. The van der Waals surface area contributed by atoms with Gasteiger partial charge < -0.3 is 4.90 Å². The van der Waals surface area contributed by atoms with Crippen molar-refractivity contribution >= 4 is 23.5 Å². The summed E-state index contributed by atoms with van der Waals surface area (Å²) in [5, 5.41) is 0. The molecule has 3 aliphatic heterocycles. The highest BCUT2D eigenvalue weighted by Crippen LogP contribution is 2.51. The minimum Gasteiger partial charge on any atom is -0.366 e. The molecule has 0 bridgehead atoms. The Balaban J connectivity index is 1.66. The molecule has 29 heavy (non-hydrogen) atoms. The fourth-order valence-electron chi connectivity index (χ4n) is 5.42. The molecular formula is C23H23N3O3. The molecule has 6 nitrogen and oxygen atoms in total. The normalized spacial score (nSPS) is 25.4. The fraction of sp³-hybridized carbons (Fsp3) is 0.348. The van der Waals surface area contributed by atoms with Crippen molar-refractivity contribution in [2.24, 2.45) is 5.41 Å². The molecule has 3 heterocycles. The molecule has 0 aromatic heterocycles. The number of barbiturate groups is 1. The molecule has 0 saturated carbocycles. The number of amides is 4. The van der Waals surface area contributed by atoms with E-state index in [4.69, 9.17) is 0 Å². The molecule has 6 heteroatoms. The molecule has 5 rings (SSSR count).